The summed E-state index contributed by atoms with van der Waals surface area (Å²) in [7, 11) is 0. The van der Waals surface area contributed by atoms with Crippen LogP contribution in [0, 0.1) is 11.3 Å². The van der Waals surface area contributed by atoms with Gasteiger partial charge in [0.1, 0.15) is 12.7 Å². The summed E-state index contributed by atoms with van der Waals surface area (Å²) in [5.74, 6) is -0.483. The van der Waals surface area contributed by atoms with E-state index in [0.717, 1.165) is 13.1 Å². The highest BCUT2D eigenvalue weighted by atomic mass is 16.5. The molecule has 5 heteroatoms. The van der Waals surface area contributed by atoms with Gasteiger partial charge in [-0.05, 0) is 31.3 Å². The Hall–Kier alpha value is -2.06. The van der Waals surface area contributed by atoms with E-state index in [-0.39, 0.29) is 11.1 Å². The van der Waals surface area contributed by atoms with Crippen LogP contribution in [0.15, 0.2) is 18.2 Å². The van der Waals surface area contributed by atoms with Crippen LogP contribution in [0.1, 0.15) is 29.8 Å². The molecule has 0 heterocycles. The zero-order chi connectivity index (χ0) is 14.3. The number of esters is 1. The average Bonchev–Trinajstić information content (AvgIpc) is 2.43. The number of carbonyl (C=O) groups is 1. The number of nitrogens with zero attached hydrogens (tertiary/aromatic N) is 2. The highest BCUT2D eigenvalue weighted by Gasteiger charge is 2.13. The van der Waals surface area contributed by atoms with Crippen LogP contribution in [0.4, 0.5) is 5.69 Å². The van der Waals surface area contributed by atoms with Crippen LogP contribution in [0.2, 0.25) is 0 Å². The first-order valence-electron chi connectivity index (χ1n) is 6.31. The van der Waals surface area contributed by atoms with E-state index >= 15 is 0 Å². The van der Waals surface area contributed by atoms with E-state index in [9.17, 15) is 4.79 Å². The molecule has 19 heavy (non-hydrogen) atoms. The maximum Gasteiger partial charge on any atom is 0.339 e. The fourth-order valence-corrected chi connectivity index (χ4v) is 1.72. The lowest BCUT2D eigenvalue weighted by Crippen LogP contribution is -2.28. The van der Waals surface area contributed by atoms with Gasteiger partial charge in [0.05, 0.1) is 11.1 Å². The molecule has 0 fully saturated rings. The minimum atomic E-state index is -0.483. The summed E-state index contributed by atoms with van der Waals surface area (Å²) in [5, 5.41) is 8.96. The number of ether oxygens (including phenoxy) is 1. The lowest BCUT2D eigenvalue weighted by molar-refractivity contribution is 0.0466. The van der Waals surface area contributed by atoms with Crippen LogP contribution in [0.3, 0.4) is 0 Å². The van der Waals surface area contributed by atoms with Crippen molar-refractivity contribution in [3.63, 3.8) is 0 Å². The highest BCUT2D eigenvalue weighted by Crippen LogP contribution is 2.13. The minimum Gasteiger partial charge on any atom is -0.461 e. The van der Waals surface area contributed by atoms with Crippen molar-refractivity contribution in [1.29, 1.82) is 5.26 Å². The molecule has 0 atom stereocenters. The lowest BCUT2D eigenvalue weighted by Gasteiger charge is -2.17. The summed E-state index contributed by atoms with van der Waals surface area (Å²) in [6.45, 7) is 6.95. The van der Waals surface area contributed by atoms with Gasteiger partial charge >= 0.3 is 5.97 Å². The Balaban J connectivity index is 2.62. The minimum absolute atomic E-state index is 0.243. The Morgan fingerprint density at radius 1 is 1.42 bits per heavy atom. The van der Waals surface area contributed by atoms with E-state index in [1.165, 1.54) is 12.1 Å². The summed E-state index contributed by atoms with van der Waals surface area (Å²) in [5.41, 5.74) is 6.53. The topological polar surface area (TPSA) is 79.3 Å². The predicted molar refractivity (Wildman–Crippen MR) is 73.6 cm³/mol. The van der Waals surface area contributed by atoms with Crippen molar-refractivity contribution >= 4 is 11.7 Å². The number of carbonyl (C=O) groups excluding carboxylic acids is 1. The number of nitrogen functional groups attached to an aromatic ring is 1. The molecule has 1 aromatic carbocycles. The van der Waals surface area contributed by atoms with Crippen LogP contribution in [0.5, 0.6) is 0 Å². The second kappa shape index (κ2) is 7.39. The normalized spacial score (nSPS) is 10.2. The molecule has 1 rings (SSSR count). The fraction of sp³-hybridized carbons (Fsp3) is 0.429. The smallest absolute Gasteiger partial charge is 0.339 e. The number of nitriles is 1. The molecule has 0 amide bonds. The Kier molecular flexibility index (Phi) is 5.83. The van der Waals surface area contributed by atoms with Crippen molar-refractivity contribution in [2.45, 2.75) is 13.8 Å². The Labute approximate surface area is 113 Å². The number of hydrogen-bond acceptors (Lipinski definition) is 5. The molecule has 0 spiro atoms. The summed E-state index contributed by atoms with van der Waals surface area (Å²) in [6, 6.07) is 6.53. The summed E-state index contributed by atoms with van der Waals surface area (Å²) in [6.07, 6.45) is 0. The Morgan fingerprint density at radius 3 is 2.68 bits per heavy atom. The quantitative estimate of drug-likeness (QED) is 0.622. The van der Waals surface area contributed by atoms with Gasteiger partial charge in [0.2, 0.25) is 0 Å². The SMILES string of the molecule is CCN(CC)CCOC(=O)c1ccc(N)cc1C#N. The van der Waals surface area contributed by atoms with E-state index in [1.54, 1.807) is 6.07 Å². The molecular formula is C14H19N3O2. The number of likely N-dealkylation sites (N-methyl/N-ethyl adjacent to an activating group) is 1. The summed E-state index contributed by atoms with van der Waals surface area (Å²) in [4.78, 5) is 14.0. The van der Waals surface area contributed by atoms with Gasteiger partial charge in [-0.1, -0.05) is 13.8 Å². The van der Waals surface area contributed by atoms with Gasteiger partial charge in [-0.25, -0.2) is 4.79 Å². The second-order valence-corrected chi connectivity index (χ2v) is 4.08. The second-order valence-electron chi connectivity index (χ2n) is 4.08. The number of nitrogens with two attached hydrogens (primary N) is 1. The summed E-state index contributed by atoms with van der Waals surface area (Å²) >= 11 is 0. The zero-order valence-electron chi connectivity index (χ0n) is 11.3. The van der Waals surface area contributed by atoms with Gasteiger partial charge < -0.3 is 15.4 Å². The Bertz CT molecular complexity index is 476. The van der Waals surface area contributed by atoms with Crippen LogP contribution < -0.4 is 5.73 Å². The van der Waals surface area contributed by atoms with Crippen molar-refractivity contribution < 1.29 is 9.53 Å². The van der Waals surface area contributed by atoms with Crippen LogP contribution in [0.25, 0.3) is 0 Å². The third-order valence-electron chi connectivity index (χ3n) is 2.92. The van der Waals surface area contributed by atoms with E-state index in [2.05, 4.69) is 18.7 Å². The molecule has 0 aromatic heterocycles. The van der Waals surface area contributed by atoms with E-state index < -0.39 is 5.97 Å². The van der Waals surface area contributed by atoms with Crippen molar-refractivity contribution in [2.75, 3.05) is 32.0 Å². The maximum absolute atomic E-state index is 11.9. The van der Waals surface area contributed by atoms with Gasteiger partial charge in [0.25, 0.3) is 0 Å². The van der Waals surface area contributed by atoms with E-state index in [0.29, 0.717) is 18.8 Å². The molecular weight excluding hydrogens is 242 g/mol. The molecule has 0 aliphatic rings. The third-order valence-corrected chi connectivity index (χ3v) is 2.92. The first-order valence-corrected chi connectivity index (χ1v) is 6.31. The van der Waals surface area contributed by atoms with Crippen molar-refractivity contribution in [3.8, 4) is 6.07 Å². The molecule has 1 aromatic rings. The Morgan fingerprint density at radius 2 is 2.11 bits per heavy atom. The molecule has 2 N–H and O–H groups in total. The molecule has 0 aliphatic heterocycles. The molecule has 0 saturated heterocycles. The molecule has 102 valence electrons. The maximum atomic E-state index is 11.9. The molecule has 0 radical (unpaired) electrons. The monoisotopic (exact) mass is 261 g/mol. The van der Waals surface area contributed by atoms with Gasteiger partial charge in [-0.3, -0.25) is 0 Å². The number of rotatable bonds is 6. The zero-order valence-corrected chi connectivity index (χ0v) is 11.3. The summed E-state index contributed by atoms with van der Waals surface area (Å²) < 4.78 is 5.17. The first-order chi connectivity index (χ1) is 9.12. The van der Waals surface area contributed by atoms with Crippen LogP contribution in [-0.2, 0) is 4.74 Å². The number of hydrogen-bond donors (Lipinski definition) is 1. The van der Waals surface area contributed by atoms with Gasteiger partial charge in [-0.15, -0.1) is 0 Å². The van der Waals surface area contributed by atoms with Crippen LogP contribution in [-0.4, -0.2) is 37.1 Å². The lowest BCUT2D eigenvalue weighted by atomic mass is 10.1. The average molecular weight is 261 g/mol. The largest absolute Gasteiger partial charge is 0.461 e. The van der Waals surface area contributed by atoms with Crippen molar-refractivity contribution in [1.82, 2.24) is 4.90 Å². The fourth-order valence-electron chi connectivity index (χ4n) is 1.72. The van der Waals surface area contributed by atoms with E-state index in [1.807, 2.05) is 6.07 Å². The third kappa shape index (κ3) is 4.27. The predicted octanol–water partition coefficient (Wildman–Crippen LogP) is 1.64. The van der Waals surface area contributed by atoms with Crippen molar-refractivity contribution in [2.24, 2.45) is 0 Å². The van der Waals surface area contributed by atoms with Crippen molar-refractivity contribution in [3.05, 3.63) is 29.3 Å². The van der Waals surface area contributed by atoms with Gasteiger partial charge in [-0.2, -0.15) is 5.26 Å². The number of anilines is 1. The highest BCUT2D eigenvalue weighted by molar-refractivity contribution is 5.92. The van der Waals surface area contributed by atoms with Gasteiger partial charge in [0.15, 0.2) is 0 Å². The molecule has 0 saturated carbocycles. The standard InChI is InChI=1S/C14H19N3O2/c1-3-17(4-2)7-8-19-14(18)13-6-5-12(16)9-11(13)10-15/h5-6,9H,3-4,7-8,16H2,1-2H3. The van der Waals surface area contributed by atoms with E-state index in [4.69, 9.17) is 15.7 Å². The molecule has 0 bridgehead atoms. The number of benzene rings is 1. The first kappa shape index (κ1) is 15.0. The van der Waals surface area contributed by atoms with Crippen LogP contribution >= 0.6 is 0 Å². The molecule has 0 unspecified atom stereocenters. The molecule has 5 nitrogen and oxygen atoms in total. The van der Waals surface area contributed by atoms with Gasteiger partial charge in [0, 0.05) is 12.2 Å². The molecule has 0 aliphatic carbocycles.